The van der Waals surface area contributed by atoms with E-state index in [0.717, 1.165) is 11.4 Å². The number of anilines is 1. The molecule has 1 aromatic rings. The Morgan fingerprint density at radius 3 is 2.40 bits per heavy atom. The van der Waals surface area contributed by atoms with Gasteiger partial charge in [0.2, 0.25) is 0 Å². The van der Waals surface area contributed by atoms with Crippen molar-refractivity contribution in [2.75, 3.05) is 25.8 Å². The molecule has 0 fully saturated rings. The Hall–Kier alpha value is -1.75. The highest BCUT2D eigenvalue weighted by Crippen LogP contribution is 2.16. The molecule has 0 spiro atoms. The third kappa shape index (κ3) is 3.14. The summed E-state index contributed by atoms with van der Waals surface area (Å²) in [6.07, 6.45) is 0. The Morgan fingerprint density at radius 1 is 1.33 bits per heavy atom. The zero-order chi connectivity index (χ0) is 11.3. The minimum absolute atomic E-state index is 0.0167. The van der Waals surface area contributed by atoms with Crippen LogP contribution in [0, 0.1) is 0 Å². The molecule has 1 rings (SSSR count). The summed E-state index contributed by atoms with van der Waals surface area (Å²) in [5.74, 6) is 6.01. The van der Waals surface area contributed by atoms with Gasteiger partial charge in [-0.25, -0.2) is 5.84 Å². The first-order valence-corrected chi connectivity index (χ1v) is 4.40. The topological polar surface area (TPSA) is 64.8 Å². The van der Waals surface area contributed by atoms with Gasteiger partial charge >= 0.3 is 5.97 Å². The number of rotatable bonds is 4. The van der Waals surface area contributed by atoms with Gasteiger partial charge in [-0.3, -0.25) is 9.80 Å². The fraction of sp³-hybridized carbons (Fsp3) is 0.300. The maximum absolute atomic E-state index is 11.0. The number of carbonyl (C=O) groups excluding carboxylic acids is 1. The van der Waals surface area contributed by atoms with Gasteiger partial charge in [0.05, 0.1) is 19.9 Å². The molecule has 0 amide bonds. The van der Waals surface area contributed by atoms with Crippen LogP contribution in [-0.4, -0.2) is 26.7 Å². The van der Waals surface area contributed by atoms with Crippen LogP contribution < -0.4 is 15.6 Å². The zero-order valence-electron chi connectivity index (χ0n) is 8.77. The normalized spacial score (nSPS) is 9.53. The number of ether oxygens (including phenoxy) is 2. The highest BCUT2D eigenvalue weighted by atomic mass is 16.5. The maximum atomic E-state index is 11.0. The molecule has 0 aromatic heterocycles. The summed E-state index contributed by atoms with van der Waals surface area (Å²) in [4.78, 5) is 11.0. The predicted molar refractivity (Wildman–Crippen MR) is 56.5 cm³/mol. The van der Waals surface area contributed by atoms with E-state index < -0.39 is 0 Å². The fourth-order valence-electron chi connectivity index (χ4n) is 1.07. The van der Waals surface area contributed by atoms with Crippen molar-refractivity contribution < 1.29 is 14.3 Å². The van der Waals surface area contributed by atoms with Crippen LogP contribution in [0.15, 0.2) is 24.3 Å². The lowest BCUT2D eigenvalue weighted by atomic mass is 10.3. The van der Waals surface area contributed by atoms with E-state index in [9.17, 15) is 4.79 Å². The fourth-order valence-corrected chi connectivity index (χ4v) is 1.07. The summed E-state index contributed by atoms with van der Waals surface area (Å²) in [6, 6.07) is 7.07. The summed E-state index contributed by atoms with van der Waals surface area (Å²) < 4.78 is 9.50. The van der Waals surface area contributed by atoms with E-state index in [4.69, 9.17) is 10.6 Å². The van der Waals surface area contributed by atoms with Crippen molar-refractivity contribution in [1.29, 1.82) is 0 Å². The summed E-state index contributed by atoms with van der Waals surface area (Å²) in [6.45, 7) is 0.0167. The third-order valence-corrected chi connectivity index (χ3v) is 1.93. The number of esters is 1. The van der Waals surface area contributed by atoms with Gasteiger partial charge in [-0.1, -0.05) is 0 Å². The largest absolute Gasteiger partial charge is 0.497 e. The predicted octanol–water partition coefficient (Wildman–Crippen LogP) is 0.548. The summed E-state index contributed by atoms with van der Waals surface area (Å²) in [7, 11) is 2.91. The Labute approximate surface area is 88.3 Å². The number of nitrogens with two attached hydrogens (primary N) is 1. The van der Waals surface area contributed by atoms with Crippen LogP contribution in [-0.2, 0) is 9.53 Å². The average molecular weight is 210 g/mol. The minimum atomic E-state index is -0.381. The standard InChI is InChI=1S/C10H14N2O3/c1-14-9-5-3-8(4-6-9)12(11)7-10(13)15-2/h3-6H,7,11H2,1-2H3. The molecule has 0 radical (unpaired) electrons. The van der Waals surface area contributed by atoms with Crippen molar-refractivity contribution in [2.24, 2.45) is 5.84 Å². The molecule has 15 heavy (non-hydrogen) atoms. The number of nitrogens with zero attached hydrogens (tertiary/aromatic N) is 1. The van der Waals surface area contributed by atoms with Gasteiger partial charge in [0.25, 0.3) is 0 Å². The molecule has 0 unspecified atom stereocenters. The molecule has 2 N–H and O–H groups in total. The van der Waals surface area contributed by atoms with E-state index in [-0.39, 0.29) is 12.5 Å². The van der Waals surface area contributed by atoms with E-state index in [0.29, 0.717) is 0 Å². The second-order valence-corrected chi connectivity index (χ2v) is 2.90. The SMILES string of the molecule is COC(=O)CN(N)c1ccc(OC)cc1. The first-order valence-electron chi connectivity index (χ1n) is 4.40. The molecule has 82 valence electrons. The van der Waals surface area contributed by atoms with Gasteiger partial charge in [-0.2, -0.15) is 0 Å². The summed E-state index contributed by atoms with van der Waals surface area (Å²) in [5.41, 5.74) is 0.723. The van der Waals surface area contributed by atoms with Gasteiger partial charge in [0.15, 0.2) is 0 Å². The number of hydrogen-bond acceptors (Lipinski definition) is 5. The lowest BCUT2D eigenvalue weighted by molar-refractivity contribution is -0.138. The van der Waals surface area contributed by atoms with E-state index in [2.05, 4.69) is 4.74 Å². The molecule has 0 saturated heterocycles. The smallest absolute Gasteiger partial charge is 0.326 e. The van der Waals surface area contributed by atoms with Crippen molar-refractivity contribution in [3.8, 4) is 5.75 Å². The number of benzene rings is 1. The van der Waals surface area contributed by atoms with Crippen molar-refractivity contribution in [1.82, 2.24) is 0 Å². The van der Waals surface area contributed by atoms with Crippen molar-refractivity contribution in [2.45, 2.75) is 0 Å². The lowest BCUT2D eigenvalue weighted by Gasteiger charge is -2.17. The Balaban J connectivity index is 2.65. The summed E-state index contributed by atoms with van der Waals surface area (Å²) >= 11 is 0. The molecular formula is C10H14N2O3. The minimum Gasteiger partial charge on any atom is -0.497 e. The van der Waals surface area contributed by atoms with Gasteiger partial charge in [-0.15, -0.1) is 0 Å². The Kier molecular flexibility index (Phi) is 3.93. The quantitative estimate of drug-likeness (QED) is 0.446. The van der Waals surface area contributed by atoms with Gasteiger partial charge in [0.1, 0.15) is 12.3 Å². The molecule has 5 heteroatoms. The molecule has 0 heterocycles. The van der Waals surface area contributed by atoms with Crippen molar-refractivity contribution in [3.63, 3.8) is 0 Å². The Morgan fingerprint density at radius 2 is 1.93 bits per heavy atom. The van der Waals surface area contributed by atoms with Gasteiger partial charge in [-0.05, 0) is 24.3 Å². The van der Waals surface area contributed by atoms with Crippen LogP contribution in [0.25, 0.3) is 0 Å². The molecule has 0 bridgehead atoms. The molecular weight excluding hydrogens is 196 g/mol. The monoisotopic (exact) mass is 210 g/mol. The number of hydrazine groups is 1. The van der Waals surface area contributed by atoms with Gasteiger partial charge < -0.3 is 9.47 Å². The number of hydrogen-bond donors (Lipinski definition) is 1. The molecule has 0 aliphatic rings. The zero-order valence-corrected chi connectivity index (χ0v) is 8.77. The van der Waals surface area contributed by atoms with Crippen LogP contribution in [0.2, 0.25) is 0 Å². The Bertz CT molecular complexity index is 324. The molecule has 1 aromatic carbocycles. The first-order chi connectivity index (χ1) is 7.17. The molecule has 0 aliphatic carbocycles. The molecule has 5 nitrogen and oxygen atoms in total. The van der Waals surface area contributed by atoms with Crippen LogP contribution in [0.4, 0.5) is 5.69 Å². The van der Waals surface area contributed by atoms with Crippen LogP contribution in [0.3, 0.4) is 0 Å². The van der Waals surface area contributed by atoms with Crippen molar-refractivity contribution in [3.05, 3.63) is 24.3 Å². The van der Waals surface area contributed by atoms with Crippen molar-refractivity contribution >= 4 is 11.7 Å². The lowest BCUT2D eigenvalue weighted by Crippen LogP contribution is -2.36. The van der Waals surface area contributed by atoms with E-state index >= 15 is 0 Å². The second kappa shape index (κ2) is 5.21. The average Bonchev–Trinajstić information content (AvgIpc) is 2.29. The maximum Gasteiger partial charge on any atom is 0.326 e. The molecule has 0 atom stereocenters. The highest BCUT2D eigenvalue weighted by Gasteiger charge is 2.07. The van der Waals surface area contributed by atoms with E-state index in [1.54, 1.807) is 31.4 Å². The van der Waals surface area contributed by atoms with Crippen LogP contribution in [0.1, 0.15) is 0 Å². The number of methoxy groups -OCH3 is 2. The highest BCUT2D eigenvalue weighted by molar-refractivity contribution is 5.75. The molecule has 0 aliphatic heterocycles. The van der Waals surface area contributed by atoms with E-state index in [1.807, 2.05) is 0 Å². The first kappa shape index (κ1) is 11.3. The number of carbonyl (C=O) groups is 1. The van der Waals surface area contributed by atoms with Gasteiger partial charge in [0, 0.05) is 0 Å². The third-order valence-electron chi connectivity index (χ3n) is 1.93. The van der Waals surface area contributed by atoms with Crippen LogP contribution in [0.5, 0.6) is 5.75 Å². The second-order valence-electron chi connectivity index (χ2n) is 2.90. The summed E-state index contributed by atoms with van der Waals surface area (Å²) in [5, 5.41) is 1.31. The van der Waals surface area contributed by atoms with Crippen LogP contribution >= 0.6 is 0 Å². The molecule has 0 saturated carbocycles. The van der Waals surface area contributed by atoms with E-state index in [1.165, 1.54) is 12.1 Å².